The molecule has 1 N–H and O–H groups in total. The Morgan fingerprint density at radius 1 is 1.03 bits per heavy atom. The highest BCUT2D eigenvalue weighted by Gasteiger charge is 2.48. The molecule has 0 saturated carbocycles. The van der Waals surface area contributed by atoms with E-state index in [1.807, 2.05) is 19.9 Å². The van der Waals surface area contributed by atoms with Gasteiger partial charge in [0, 0.05) is 11.3 Å². The van der Waals surface area contributed by atoms with E-state index in [9.17, 15) is 14.7 Å². The van der Waals surface area contributed by atoms with Gasteiger partial charge in [-0.05, 0) is 57.2 Å². The molecule has 4 rings (SSSR count). The molecule has 0 radical (unpaired) electrons. The van der Waals surface area contributed by atoms with Gasteiger partial charge in [0.2, 0.25) is 0 Å². The predicted octanol–water partition coefficient (Wildman–Crippen LogP) is 5.00. The second-order valence-corrected chi connectivity index (χ2v) is 7.65. The number of carbonyl (C=O) groups excluding carboxylic acids is 2. The summed E-state index contributed by atoms with van der Waals surface area (Å²) in [6.07, 6.45) is -0.0489. The lowest BCUT2D eigenvalue weighted by molar-refractivity contribution is -0.132. The Balaban J connectivity index is 1.88. The van der Waals surface area contributed by atoms with Crippen LogP contribution < -0.4 is 9.64 Å². The first-order valence-electron chi connectivity index (χ1n) is 10.1. The van der Waals surface area contributed by atoms with E-state index in [2.05, 4.69) is 0 Å². The maximum Gasteiger partial charge on any atom is 0.300 e. The lowest BCUT2D eigenvalue weighted by Gasteiger charge is -2.23. The SMILES string of the molecule is Cc1ccc(C2/C(=C(/O)c3cccc(OC(C)C)c3)C(=O)C(=O)N2c2ccccc2)o1. The molecule has 6 heteroatoms. The lowest BCUT2D eigenvalue weighted by atomic mass is 9.99. The van der Waals surface area contributed by atoms with Crippen LogP contribution in [-0.2, 0) is 9.59 Å². The van der Waals surface area contributed by atoms with E-state index in [0.29, 0.717) is 28.5 Å². The Morgan fingerprint density at radius 2 is 1.77 bits per heavy atom. The third kappa shape index (κ3) is 3.84. The summed E-state index contributed by atoms with van der Waals surface area (Å²) in [5, 5.41) is 11.2. The zero-order chi connectivity index (χ0) is 22.1. The summed E-state index contributed by atoms with van der Waals surface area (Å²) in [7, 11) is 0. The normalized spacial score (nSPS) is 18.1. The second-order valence-electron chi connectivity index (χ2n) is 7.65. The number of amides is 1. The van der Waals surface area contributed by atoms with Gasteiger partial charge < -0.3 is 14.3 Å². The monoisotopic (exact) mass is 417 g/mol. The molecule has 2 heterocycles. The first-order valence-corrected chi connectivity index (χ1v) is 10.1. The molecular formula is C25H23NO5. The van der Waals surface area contributed by atoms with Gasteiger partial charge in [-0.2, -0.15) is 0 Å². The summed E-state index contributed by atoms with van der Waals surface area (Å²) in [5.74, 6) is -0.165. The van der Waals surface area contributed by atoms with Crippen LogP contribution in [0.15, 0.2) is 76.7 Å². The van der Waals surface area contributed by atoms with E-state index in [1.54, 1.807) is 67.6 Å². The van der Waals surface area contributed by atoms with Crippen molar-refractivity contribution in [2.24, 2.45) is 0 Å². The summed E-state index contributed by atoms with van der Waals surface area (Å²) in [6, 6.07) is 18.3. The number of hydrogen-bond acceptors (Lipinski definition) is 5. The fourth-order valence-electron chi connectivity index (χ4n) is 3.70. The standard InChI is InChI=1S/C25H23NO5/c1-15(2)30-19-11-7-8-17(14-19)23(27)21-22(20-13-12-16(3)31-20)26(25(29)24(21)28)18-9-5-4-6-10-18/h4-15,22,27H,1-3H3/b23-21-. The van der Waals surface area contributed by atoms with E-state index in [1.165, 1.54) is 4.90 Å². The summed E-state index contributed by atoms with van der Waals surface area (Å²) in [6.45, 7) is 5.58. The summed E-state index contributed by atoms with van der Waals surface area (Å²) in [4.78, 5) is 27.5. The molecule has 1 aromatic heterocycles. The average Bonchev–Trinajstić information content (AvgIpc) is 3.29. The summed E-state index contributed by atoms with van der Waals surface area (Å²) in [5.41, 5.74) is 0.905. The lowest BCUT2D eigenvalue weighted by Crippen LogP contribution is -2.29. The summed E-state index contributed by atoms with van der Waals surface area (Å²) < 4.78 is 11.5. The largest absolute Gasteiger partial charge is 0.507 e. The fourth-order valence-corrected chi connectivity index (χ4v) is 3.70. The van der Waals surface area contributed by atoms with Crippen LogP contribution in [0.2, 0.25) is 0 Å². The first-order chi connectivity index (χ1) is 14.9. The van der Waals surface area contributed by atoms with Crippen LogP contribution in [0, 0.1) is 6.92 Å². The molecule has 1 saturated heterocycles. The highest BCUT2D eigenvalue weighted by molar-refractivity contribution is 6.51. The Morgan fingerprint density at radius 3 is 2.42 bits per heavy atom. The van der Waals surface area contributed by atoms with Crippen molar-refractivity contribution in [2.45, 2.75) is 32.9 Å². The van der Waals surface area contributed by atoms with Crippen molar-refractivity contribution in [2.75, 3.05) is 4.90 Å². The zero-order valence-corrected chi connectivity index (χ0v) is 17.5. The minimum absolute atomic E-state index is 0.0232. The van der Waals surface area contributed by atoms with Crippen molar-refractivity contribution < 1.29 is 23.8 Å². The number of carbonyl (C=O) groups is 2. The number of para-hydroxylation sites is 1. The van der Waals surface area contributed by atoms with Gasteiger partial charge in [-0.1, -0.05) is 30.3 Å². The molecule has 1 aliphatic heterocycles. The van der Waals surface area contributed by atoms with Crippen LogP contribution in [0.5, 0.6) is 5.75 Å². The molecular weight excluding hydrogens is 394 g/mol. The van der Waals surface area contributed by atoms with Crippen LogP contribution >= 0.6 is 0 Å². The van der Waals surface area contributed by atoms with E-state index >= 15 is 0 Å². The highest BCUT2D eigenvalue weighted by atomic mass is 16.5. The summed E-state index contributed by atoms with van der Waals surface area (Å²) >= 11 is 0. The molecule has 158 valence electrons. The van der Waals surface area contributed by atoms with Crippen molar-refractivity contribution >= 4 is 23.1 Å². The van der Waals surface area contributed by atoms with Crippen molar-refractivity contribution in [3.8, 4) is 5.75 Å². The number of ether oxygens (including phenoxy) is 1. The molecule has 0 aliphatic carbocycles. The van der Waals surface area contributed by atoms with Gasteiger partial charge in [0.25, 0.3) is 11.7 Å². The maximum atomic E-state index is 13.1. The maximum absolute atomic E-state index is 13.1. The topological polar surface area (TPSA) is 80.0 Å². The Bertz CT molecular complexity index is 1160. The van der Waals surface area contributed by atoms with Gasteiger partial charge in [-0.15, -0.1) is 0 Å². The zero-order valence-electron chi connectivity index (χ0n) is 17.5. The van der Waals surface area contributed by atoms with E-state index in [4.69, 9.17) is 9.15 Å². The van der Waals surface area contributed by atoms with E-state index in [-0.39, 0.29) is 17.4 Å². The Labute approximate surface area is 180 Å². The van der Waals surface area contributed by atoms with E-state index < -0.39 is 17.7 Å². The molecule has 1 unspecified atom stereocenters. The van der Waals surface area contributed by atoms with Crippen LogP contribution in [0.4, 0.5) is 5.69 Å². The predicted molar refractivity (Wildman–Crippen MR) is 117 cm³/mol. The number of hydrogen-bond donors (Lipinski definition) is 1. The third-order valence-electron chi connectivity index (χ3n) is 4.99. The number of ketones is 1. The van der Waals surface area contributed by atoms with Gasteiger partial charge in [0.15, 0.2) is 0 Å². The number of anilines is 1. The van der Waals surface area contributed by atoms with E-state index in [0.717, 1.165) is 0 Å². The minimum Gasteiger partial charge on any atom is -0.507 e. The van der Waals surface area contributed by atoms with Crippen LogP contribution in [0.25, 0.3) is 5.76 Å². The van der Waals surface area contributed by atoms with Gasteiger partial charge in [-0.25, -0.2) is 0 Å². The van der Waals surface area contributed by atoms with Crippen molar-refractivity contribution in [1.29, 1.82) is 0 Å². The molecule has 6 nitrogen and oxygen atoms in total. The molecule has 31 heavy (non-hydrogen) atoms. The van der Waals surface area contributed by atoms with Gasteiger partial charge in [0.05, 0.1) is 11.7 Å². The number of furan rings is 1. The number of aliphatic hydroxyl groups is 1. The molecule has 1 aliphatic rings. The van der Waals surface area contributed by atoms with Crippen molar-refractivity contribution in [1.82, 2.24) is 0 Å². The van der Waals surface area contributed by atoms with Crippen molar-refractivity contribution in [3.05, 3.63) is 89.4 Å². The number of aryl methyl sites for hydroxylation is 1. The third-order valence-corrected chi connectivity index (χ3v) is 4.99. The molecule has 3 aromatic rings. The second kappa shape index (κ2) is 8.14. The Kier molecular flexibility index (Phi) is 5.38. The number of benzene rings is 2. The molecule has 1 atom stereocenters. The van der Waals surface area contributed by atoms with Crippen LogP contribution in [0.3, 0.4) is 0 Å². The molecule has 0 spiro atoms. The van der Waals surface area contributed by atoms with Crippen LogP contribution in [-0.4, -0.2) is 22.9 Å². The quantitative estimate of drug-likeness (QED) is 0.359. The first kappa shape index (κ1) is 20.5. The average molecular weight is 417 g/mol. The number of nitrogens with zero attached hydrogens (tertiary/aromatic N) is 1. The highest BCUT2D eigenvalue weighted by Crippen LogP contribution is 2.42. The smallest absolute Gasteiger partial charge is 0.300 e. The molecule has 1 amide bonds. The molecule has 1 fully saturated rings. The van der Waals surface area contributed by atoms with Gasteiger partial charge in [0.1, 0.15) is 29.1 Å². The number of aliphatic hydroxyl groups excluding tert-OH is 1. The van der Waals surface area contributed by atoms with Crippen molar-refractivity contribution in [3.63, 3.8) is 0 Å². The fraction of sp³-hybridized carbons (Fsp3) is 0.200. The Hall–Kier alpha value is -3.80. The minimum atomic E-state index is -0.884. The molecule has 0 bridgehead atoms. The number of Topliss-reactive ketones (excluding diaryl/α,β-unsaturated/α-hetero) is 1. The molecule has 2 aromatic carbocycles. The van der Waals surface area contributed by atoms with Gasteiger partial charge in [-0.3, -0.25) is 14.5 Å². The van der Waals surface area contributed by atoms with Gasteiger partial charge >= 0.3 is 0 Å². The number of rotatable bonds is 5. The van der Waals surface area contributed by atoms with Crippen LogP contribution in [0.1, 0.15) is 37.0 Å².